The second-order valence-corrected chi connectivity index (χ2v) is 7.26. The lowest BCUT2D eigenvalue weighted by molar-refractivity contribution is -0.384. The van der Waals surface area contributed by atoms with Crippen LogP contribution in [0.25, 0.3) is 28.7 Å². The number of nitrogens with zero attached hydrogens (tertiary/aromatic N) is 1. The minimum atomic E-state index is -0.472. The van der Waals surface area contributed by atoms with E-state index in [1.165, 1.54) is 24.3 Å². The Morgan fingerprint density at radius 1 is 0.935 bits per heavy atom. The van der Waals surface area contributed by atoms with Gasteiger partial charge in [0.2, 0.25) is 5.78 Å². The summed E-state index contributed by atoms with van der Waals surface area (Å²) in [6.07, 6.45) is 2.82. The van der Waals surface area contributed by atoms with Crippen LogP contribution in [0.3, 0.4) is 0 Å². The Hall–Kier alpha value is -3.61. The highest BCUT2D eigenvalue weighted by Gasteiger charge is 2.14. The van der Waals surface area contributed by atoms with Gasteiger partial charge in [-0.2, -0.15) is 0 Å². The van der Waals surface area contributed by atoms with E-state index >= 15 is 0 Å². The van der Waals surface area contributed by atoms with Crippen LogP contribution < -0.4 is 0 Å². The van der Waals surface area contributed by atoms with E-state index < -0.39 is 4.92 Å². The standard InChI is InChI=1S/C23H13Cl2NO5/c24-18-6-2-5-17(23(18)25)21-11-12-22(31-21)19(27)9-7-16-8-10-20(30-16)14-3-1-4-15(13-14)26(28)29/h1-13H/b9-7+. The molecule has 0 unspecified atom stereocenters. The monoisotopic (exact) mass is 453 g/mol. The third-order valence-corrected chi connectivity index (χ3v) is 5.25. The molecule has 6 nitrogen and oxygen atoms in total. The van der Waals surface area contributed by atoms with E-state index in [0.717, 1.165) is 0 Å². The molecule has 2 heterocycles. The van der Waals surface area contributed by atoms with E-state index in [4.69, 9.17) is 32.0 Å². The molecule has 0 aliphatic heterocycles. The van der Waals surface area contributed by atoms with Gasteiger partial charge in [0, 0.05) is 23.3 Å². The molecule has 0 radical (unpaired) electrons. The predicted molar refractivity (Wildman–Crippen MR) is 118 cm³/mol. The van der Waals surface area contributed by atoms with E-state index in [1.807, 2.05) is 0 Å². The second kappa shape index (κ2) is 8.63. The fourth-order valence-electron chi connectivity index (χ4n) is 2.92. The van der Waals surface area contributed by atoms with Gasteiger partial charge in [-0.3, -0.25) is 14.9 Å². The minimum absolute atomic E-state index is 0.0328. The summed E-state index contributed by atoms with van der Waals surface area (Å²) in [6, 6.07) is 17.8. The van der Waals surface area contributed by atoms with Crippen molar-refractivity contribution in [2.45, 2.75) is 0 Å². The van der Waals surface area contributed by atoms with E-state index in [0.29, 0.717) is 38.5 Å². The van der Waals surface area contributed by atoms with Gasteiger partial charge >= 0.3 is 0 Å². The third-order valence-electron chi connectivity index (χ3n) is 4.43. The average molecular weight is 454 g/mol. The summed E-state index contributed by atoms with van der Waals surface area (Å²) < 4.78 is 11.3. The van der Waals surface area contributed by atoms with Crippen molar-refractivity contribution < 1.29 is 18.6 Å². The van der Waals surface area contributed by atoms with Gasteiger partial charge in [-0.1, -0.05) is 41.4 Å². The van der Waals surface area contributed by atoms with Crippen LogP contribution in [-0.2, 0) is 0 Å². The first-order chi connectivity index (χ1) is 14.9. The summed E-state index contributed by atoms with van der Waals surface area (Å²) >= 11 is 12.2. The number of non-ortho nitro benzene ring substituents is 1. The van der Waals surface area contributed by atoms with E-state index in [9.17, 15) is 14.9 Å². The molecular weight excluding hydrogens is 441 g/mol. The molecular formula is C23H13Cl2NO5. The molecule has 0 fully saturated rings. The summed E-state index contributed by atoms with van der Waals surface area (Å²) in [4.78, 5) is 22.9. The Morgan fingerprint density at radius 2 is 1.71 bits per heavy atom. The summed E-state index contributed by atoms with van der Waals surface area (Å²) in [5.41, 5.74) is 1.12. The van der Waals surface area contributed by atoms with Crippen LogP contribution in [0.15, 0.2) is 81.6 Å². The summed E-state index contributed by atoms with van der Waals surface area (Å²) in [5.74, 6) is 1.06. The van der Waals surface area contributed by atoms with Gasteiger partial charge in [-0.25, -0.2) is 0 Å². The maximum absolute atomic E-state index is 12.5. The smallest absolute Gasteiger partial charge is 0.270 e. The molecule has 0 aliphatic rings. The number of benzene rings is 2. The first-order valence-electron chi connectivity index (χ1n) is 9.03. The first kappa shape index (κ1) is 20.7. The number of nitro groups is 1. The summed E-state index contributed by atoms with van der Waals surface area (Å²) in [7, 11) is 0. The molecule has 0 bridgehead atoms. The molecule has 0 amide bonds. The highest BCUT2D eigenvalue weighted by molar-refractivity contribution is 6.43. The molecule has 0 saturated carbocycles. The Bertz CT molecular complexity index is 1320. The van der Waals surface area contributed by atoms with Gasteiger partial charge in [-0.15, -0.1) is 0 Å². The molecule has 0 N–H and O–H groups in total. The van der Waals surface area contributed by atoms with Gasteiger partial charge in [0.25, 0.3) is 5.69 Å². The van der Waals surface area contributed by atoms with Crippen molar-refractivity contribution >= 4 is 40.7 Å². The van der Waals surface area contributed by atoms with Crippen molar-refractivity contribution in [3.05, 3.63) is 104 Å². The van der Waals surface area contributed by atoms with Gasteiger partial charge in [0.15, 0.2) is 5.76 Å². The van der Waals surface area contributed by atoms with Gasteiger partial charge in [0.05, 0.1) is 15.0 Å². The molecule has 4 rings (SSSR count). The number of allylic oxidation sites excluding steroid dienone is 1. The molecule has 4 aromatic rings. The van der Waals surface area contributed by atoms with Crippen LogP contribution in [0.4, 0.5) is 5.69 Å². The lowest BCUT2D eigenvalue weighted by Gasteiger charge is -2.01. The number of ketones is 1. The first-order valence-corrected chi connectivity index (χ1v) is 9.79. The normalized spacial score (nSPS) is 11.2. The van der Waals surface area contributed by atoms with Crippen molar-refractivity contribution in [1.29, 1.82) is 0 Å². The summed E-state index contributed by atoms with van der Waals surface area (Å²) in [6.45, 7) is 0. The highest BCUT2D eigenvalue weighted by atomic mass is 35.5. The Balaban J connectivity index is 1.51. The van der Waals surface area contributed by atoms with Crippen molar-refractivity contribution in [3.63, 3.8) is 0 Å². The SMILES string of the molecule is O=C(/C=C/c1ccc(-c2cccc([N+](=O)[O-])c2)o1)c1ccc(-c2cccc(Cl)c2Cl)o1. The molecule has 0 spiro atoms. The van der Waals surface area contributed by atoms with Crippen LogP contribution in [0.2, 0.25) is 10.0 Å². The molecule has 2 aromatic carbocycles. The van der Waals surface area contributed by atoms with E-state index in [1.54, 1.807) is 54.6 Å². The summed E-state index contributed by atoms with van der Waals surface area (Å²) in [5, 5.41) is 11.7. The van der Waals surface area contributed by atoms with E-state index in [2.05, 4.69) is 0 Å². The fourth-order valence-corrected chi connectivity index (χ4v) is 3.31. The van der Waals surface area contributed by atoms with Gasteiger partial charge in [0.1, 0.15) is 17.3 Å². The average Bonchev–Trinajstić information content (AvgIpc) is 3.44. The number of hydrogen-bond donors (Lipinski definition) is 0. The molecule has 2 aromatic heterocycles. The molecule has 8 heteroatoms. The molecule has 154 valence electrons. The van der Waals surface area contributed by atoms with Crippen LogP contribution >= 0.6 is 23.2 Å². The van der Waals surface area contributed by atoms with E-state index in [-0.39, 0.29) is 17.2 Å². The lowest BCUT2D eigenvalue weighted by Crippen LogP contribution is -1.90. The Kier molecular flexibility index (Phi) is 5.75. The predicted octanol–water partition coefficient (Wildman–Crippen LogP) is 7.32. The molecule has 0 saturated heterocycles. The fraction of sp³-hybridized carbons (Fsp3) is 0. The largest absolute Gasteiger partial charge is 0.457 e. The van der Waals surface area contributed by atoms with Crippen LogP contribution in [0.5, 0.6) is 0 Å². The van der Waals surface area contributed by atoms with Crippen molar-refractivity contribution in [2.24, 2.45) is 0 Å². The maximum Gasteiger partial charge on any atom is 0.270 e. The van der Waals surface area contributed by atoms with Crippen LogP contribution in [0.1, 0.15) is 16.3 Å². The Labute approximate surface area is 186 Å². The van der Waals surface area contributed by atoms with Crippen molar-refractivity contribution in [2.75, 3.05) is 0 Å². The number of rotatable bonds is 6. The third kappa shape index (κ3) is 4.45. The van der Waals surface area contributed by atoms with Crippen molar-refractivity contribution in [1.82, 2.24) is 0 Å². The minimum Gasteiger partial charge on any atom is -0.457 e. The topological polar surface area (TPSA) is 86.5 Å². The quantitative estimate of drug-likeness (QED) is 0.132. The highest BCUT2D eigenvalue weighted by Crippen LogP contribution is 2.34. The van der Waals surface area contributed by atoms with Gasteiger partial charge < -0.3 is 8.83 Å². The number of carbonyl (C=O) groups excluding carboxylic acids is 1. The number of hydrogen-bond acceptors (Lipinski definition) is 5. The zero-order valence-corrected chi connectivity index (χ0v) is 17.3. The zero-order chi connectivity index (χ0) is 22.0. The van der Waals surface area contributed by atoms with Crippen LogP contribution in [-0.4, -0.2) is 10.7 Å². The van der Waals surface area contributed by atoms with Crippen LogP contribution in [0, 0.1) is 10.1 Å². The number of furan rings is 2. The van der Waals surface area contributed by atoms with Crippen molar-refractivity contribution in [3.8, 4) is 22.6 Å². The van der Waals surface area contributed by atoms with Gasteiger partial charge in [-0.05, 0) is 48.6 Å². The zero-order valence-electron chi connectivity index (χ0n) is 15.7. The Morgan fingerprint density at radius 3 is 2.52 bits per heavy atom. The maximum atomic E-state index is 12.5. The second-order valence-electron chi connectivity index (χ2n) is 6.47. The number of nitro benzene ring substituents is 1. The number of carbonyl (C=O) groups is 1. The molecule has 31 heavy (non-hydrogen) atoms. The molecule has 0 atom stereocenters. The lowest BCUT2D eigenvalue weighted by atomic mass is 10.1. The molecule has 0 aliphatic carbocycles. The number of halogens is 2.